The first kappa shape index (κ1) is 13.8. The first-order valence-corrected chi connectivity index (χ1v) is 5.82. The van der Waals surface area contributed by atoms with Gasteiger partial charge >= 0.3 is 0 Å². The average Bonchev–Trinajstić information content (AvgIpc) is 2.72. The van der Waals surface area contributed by atoms with Crippen LogP contribution in [0.2, 0.25) is 0 Å². The van der Waals surface area contributed by atoms with E-state index in [0.29, 0.717) is 13.0 Å². The fraction of sp³-hybridized carbons (Fsp3) is 0.818. The molecule has 3 N–H and O–H groups in total. The van der Waals surface area contributed by atoms with Crippen LogP contribution in [-0.4, -0.2) is 46.6 Å². The molecule has 98 valence electrons. The van der Waals surface area contributed by atoms with E-state index in [1.54, 1.807) is 11.8 Å². The molecule has 1 rings (SSSR count). The molecule has 1 fully saturated rings. The number of amidine groups is 1. The molecule has 0 bridgehead atoms. The number of rotatable bonds is 4. The van der Waals surface area contributed by atoms with E-state index in [1.807, 2.05) is 13.8 Å². The third-order valence-electron chi connectivity index (χ3n) is 3.02. The molecular formula is C11H21N3O3. The van der Waals surface area contributed by atoms with Gasteiger partial charge in [0.2, 0.25) is 0 Å². The number of hydrogen-bond donors (Lipinski definition) is 2. The van der Waals surface area contributed by atoms with Crippen LogP contribution >= 0.6 is 0 Å². The quantitative estimate of drug-likeness (QED) is 0.326. The fourth-order valence-corrected chi connectivity index (χ4v) is 1.95. The van der Waals surface area contributed by atoms with Gasteiger partial charge in [-0.15, -0.1) is 0 Å². The second-order valence-corrected chi connectivity index (χ2v) is 4.80. The summed E-state index contributed by atoms with van der Waals surface area (Å²) in [5.74, 6) is -0.0785. The Morgan fingerprint density at radius 2 is 2.29 bits per heavy atom. The minimum atomic E-state index is -0.764. The SMILES string of the molecule is CC(C)N(CC(N)=NO)C(=O)C1(C)CCCO1. The monoisotopic (exact) mass is 243 g/mol. The van der Waals surface area contributed by atoms with Gasteiger partial charge in [-0.3, -0.25) is 4.79 Å². The Labute approximate surface area is 101 Å². The minimum absolute atomic E-state index is 0.0219. The van der Waals surface area contributed by atoms with Gasteiger partial charge in [0.1, 0.15) is 5.60 Å². The van der Waals surface area contributed by atoms with Crippen molar-refractivity contribution in [1.82, 2.24) is 4.90 Å². The van der Waals surface area contributed by atoms with E-state index < -0.39 is 5.60 Å². The lowest BCUT2D eigenvalue weighted by Crippen LogP contribution is -2.52. The predicted octanol–water partition coefficient (Wildman–Crippen LogP) is 0.539. The lowest BCUT2D eigenvalue weighted by molar-refractivity contribution is -0.151. The maximum Gasteiger partial charge on any atom is 0.255 e. The number of hydrogen-bond acceptors (Lipinski definition) is 4. The molecule has 1 aliphatic heterocycles. The number of carbonyl (C=O) groups excluding carboxylic acids is 1. The van der Waals surface area contributed by atoms with Gasteiger partial charge in [-0.2, -0.15) is 0 Å². The zero-order valence-electron chi connectivity index (χ0n) is 10.6. The molecule has 6 nitrogen and oxygen atoms in total. The van der Waals surface area contributed by atoms with Crippen LogP contribution in [0.5, 0.6) is 0 Å². The standard InChI is InChI=1S/C11H21N3O3/c1-8(2)14(7-9(12)13-16)10(15)11(3)5-4-6-17-11/h8,16H,4-7H2,1-3H3,(H2,12,13). The highest BCUT2D eigenvalue weighted by atomic mass is 16.5. The predicted molar refractivity (Wildman–Crippen MR) is 63.8 cm³/mol. The van der Waals surface area contributed by atoms with Crippen molar-refractivity contribution in [2.45, 2.75) is 45.3 Å². The second kappa shape index (κ2) is 5.35. The maximum absolute atomic E-state index is 12.4. The van der Waals surface area contributed by atoms with Crippen LogP contribution in [0.3, 0.4) is 0 Å². The van der Waals surface area contributed by atoms with Crippen LogP contribution in [0.4, 0.5) is 0 Å². The molecule has 1 amide bonds. The van der Waals surface area contributed by atoms with Gasteiger partial charge in [-0.25, -0.2) is 0 Å². The lowest BCUT2D eigenvalue weighted by Gasteiger charge is -2.33. The third-order valence-corrected chi connectivity index (χ3v) is 3.02. The number of oxime groups is 1. The Bertz CT molecular complexity index is 309. The summed E-state index contributed by atoms with van der Waals surface area (Å²) in [6, 6.07) is -0.0242. The zero-order valence-corrected chi connectivity index (χ0v) is 10.6. The third kappa shape index (κ3) is 3.09. The van der Waals surface area contributed by atoms with E-state index in [2.05, 4.69) is 5.16 Å². The van der Waals surface area contributed by atoms with Crippen molar-refractivity contribution in [3.8, 4) is 0 Å². The van der Waals surface area contributed by atoms with Crippen LogP contribution in [0.25, 0.3) is 0 Å². The molecule has 0 radical (unpaired) electrons. The fourth-order valence-electron chi connectivity index (χ4n) is 1.95. The van der Waals surface area contributed by atoms with Gasteiger partial charge in [-0.05, 0) is 33.6 Å². The number of nitrogens with two attached hydrogens (primary N) is 1. The minimum Gasteiger partial charge on any atom is -0.409 e. The highest BCUT2D eigenvalue weighted by Gasteiger charge is 2.41. The van der Waals surface area contributed by atoms with Crippen LogP contribution in [-0.2, 0) is 9.53 Å². The zero-order chi connectivity index (χ0) is 13.1. The first-order valence-electron chi connectivity index (χ1n) is 5.82. The number of ether oxygens (including phenoxy) is 1. The maximum atomic E-state index is 12.4. The summed E-state index contributed by atoms with van der Waals surface area (Å²) in [6.07, 6.45) is 1.60. The highest BCUT2D eigenvalue weighted by molar-refractivity contribution is 5.90. The average molecular weight is 243 g/mol. The molecule has 1 aliphatic rings. The molecule has 6 heteroatoms. The van der Waals surface area contributed by atoms with Gasteiger partial charge < -0.3 is 20.6 Å². The highest BCUT2D eigenvalue weighted by Crippen LogP contribution is 2.27. The molecule has 1 saturated heterocycles. The van der Waals surface area contributed by atoms with E-state index in [4.69, 9.17) is 15.7 Å². The first-order chi connectivity index (χ1) is 7.90. The van der Waals surface area contributed by atoms with E-state index in [1.165, 1.54) is 0 Å². The summed E-state index contributed by atoms with van der Waals surface area (Å²) >= 11 is 0. The molecule has 1 heterocycles. The number of carbonyl (C=O) groups is 1. The molecule has 1 atom stereocenters. The van der Waals surface area contributed by atoms with E-state index in [0.717, 1.165) is 6.42 Å². The Balaban J connectivity index is 2.80. The molecule has 0 saturated carbocycles. The summed E-state index contributed by atoms with van der Waals surface area (Å²) in [4.78, 5) is 13.9. The van der Waals surface area contributed by atoms with Crippen molar-refractivity contribution < 1.29 is 14.7 Å². The summed E-state index contributed by atoms with van der Waals surface area (Å²) in [6.45, 7) is 6.30. The molecule has 0 spiro atoms. The van der Waals surface area contributed by atoms with Crippen LogP contribution in [0.1, 0.15) is 33.6 Å². The van der Waals surface area contributed by atoms with E-state index in [-0.39, 0.29) is 24.3 Å². The molecule has 0 aromatic heterocycles. The summed E-state index contributed by atoms with van der Waals surface area (Å²) < 4.78 is 5.51. The number of amides is 1. The van der Waals surface area contributed by atoms with Crippen molar-refractivity contribution in [3.63, 3.8) is 0 Å². The van der Waals surface area contributed by atoms with Crippen LogP contribution in [0, 0.1) is 0 Å². The van der Waals surface area contributed by atoms with Gasteiger partial charge in [0.05, 0.1) is 6.54 Å². The summed E-state index contributed by atoms with van der Waals surface area (Å²) in [7, 11) is 0. The largest absolute Gasteiger partial charge is 0.409 e. The summed E-state index contributed by atoms with van der Waals surface area (Å²) in [5.41, 5.74) is 4.69. The Kier molecular flexibility index (Phi) is 4.34. The molecule has 0 aliphatic carbocycles. The lowest BCUT2D eigenvalue weighted by atomic mass is 10.00. The smallest absolute Gasteiger partial charge is 0.255 e. The Hall–Kier alpha value is -1.30. The van der Waals surface area contributed by atoms with E-state index >= 15 is 0 Å². The molecule has 1 unspecified atom stereocenters. The van der Waals surface area contributed by atoms with Gasteiger partial charge in [0.15, 0.2) is 5.84 Å². The summed E-state index contributed by atoms with van der Waals surface area (Å²) in [5, 5.41) is 11.5. The molecule has 17 heavy (non-hydrogen) atoms. The van der Waals surface area contributed by atoms with Crippen LogP contribution < -0.4 is 5.73 Å². The van der Waals surface area contributed by atoms with Gasteiger partial charge in [-0.1, -0.05) is 5.16 Å². The van der Waals surface area contributed by atoms with Crippen molar-refractivity contribution in [2.75, 3.05) is 13.2 Å². The van der Waals surface area contributed by atoms with Crippen molar-refractivity contribution >= 4 is 11.7 Å². The topological polar surface area (TPSA) is 88.1 Å². The molecular weight excluding hydrogens is 222 g/mol. The normalized spacial score (nSPS) is 25.3. The van der Waals surface area contributed by atoms with E-state index in [9.17, 15) is 4.79 Å². The van der Waals surface area contributed by atoms with Gasteiger partial charge in [0, 0.05) is 12.6 Å². The van der Waals surface area contributed by atoms with Crippen LogP contribution in [0.15, 0.2) is 5.16 Å². The number of nitrogens with zero attached hydrogens (tertiary/aromatic N) is 2. The second-order valence-electron chi connectivity index (χ2n) is 4.80. The van der Waals surface area contributed by atoms with Crippen molar-refractivity contribution in [2.24, 2.45) is 10.9 Å². The van der Waals surface area contributed by atoms with Gasteiger partial charge in [0.25, 0.3) is 5.91 Å². The molecule has 0 aromatic carbocycles. The van der Waals surface area contributed by atoms with Crippen molar-refractivity contribution in [1.29, 1.82) is 0 Å². The molecule has 0 aromatic rings. The Morgan fingerprint density at radius 3 is 2.71 bits per heavy atom. The Morgan fingerprint density at radius 1 is 1.65 bits per heavy atom. The van der Waals surface area contributed by atoms with Crippen molar-refractivity contribution in [3.05, 3.63) is 0 Å².